The second-order valence-corrected chi connectivity index (χ2v) is 6.77. The third kappa shape index (κ3) is 6.45. The van der Waals surface area contributed by atoms with Gasteiger partial charge in [-0.15, -0.1) is 24.8 Å². The fourth-order valence-electron chi connectivity index (χ4n) is 2.92. The van der Waals surface area contributed by atoms with E-state index in [0.29, 0.717) is 19.0 Å². The zero-order chi connectivity index (χ0) is 17.7. The van der Waals surface area contributed by atoms with Gasteiger partial charge in [-0.1, -0.05) is 13.8 Å². The number of nitrogens with zero attached hydrogens (tertiary/aromatic N) is 3. The Balaban J connectivity index is 0.00000312. The van der Waals surface area contributed by atoms with Crippen LogP contribution in [0.15, 0.2) is 12.4 Å². The van der Waals surface area contributed by atoms with E-state index in [-0.39, 0.29) is 49.1 Å². The third-order valence-corrected chi connectivity index (χ3v) is 4.73. The standard InChI is InChI=1S/C17H29N5O2.2ClH/c1-4-22-11-14(9-20-22)13-5-7-21(8-6-13)15(23)10-19-17(24)16(18)12(2)3;;/h9,11-13,16H,4-8,10,18H2,1-3H3,(H,19,24);2*1H/t16-;;/m0../s1. The molecular weight excluding hydrogens is 377 g/mol. The number of hydrogen-bond acceptors (Lipinski definition) is 4. The van der Waals surface area contributed by atoms with Gasteiger partial charge in [-0.05, 0) is 37.2 Å². The highest BCUT2D eigenvalue weighted by molar-refractivity contribution is 5.87. The predicted molar refractivity (Wildman–Crippen MR) is 107 cm³/mol. The van der Waals surface area contributed by atoms with Gasteiger partial charge in [-0.3, -0.25) is 14.3 Å². The summed E-state index contributed by atoms with van der Waals surface area (Å²) in [6.07, 6.45) is 5.88. The maximum Gasteiger partial charge on any atom is 0.241 e. The van der Waals surface area contributed by atoms with Gasteiger partial charge < -0.3 is 16.0 Å². The van der Waals surface area contributed by atoms with Crippen molar-refractivity contribution in [1.29, 1.82) is 0 Å². The Morgan fingerprint density at radius 3 is 2.42 bits per heavy atom. The van der Waals surface area contributed by atoms with Gasteiger partial charge in [0, 0.05) is 25.8 Å². The first-order valence-electron chi connectivity index (χ1n) is 8.75. The lowest BCUT2D eigenvalue weighted by molar-refractivity contribution is -0.134. The zero-order valence-corrected chi connectivity index (χ0v) is 17.3. The lowest BCUT2D eigenvalue weighted by Crippen LogP contribution is -2.49. The molecule has 0 unspecified atom stereocenters. The zero-order valence-electron chi connectivity index (χ0n) is 15.7. The number of aromatic nitrogens is 2. The van der Waals surface area contributed by atoms with Crippen molar-refractivity contribution >= 4 is 36.6 Å². The van der Waals surface area contributed by atoms with Crippen LogP contribution in [0.2, 0.25) is 0 Å². The Morgan fingerprint density at radius 2 is 1.92 bits per heavy atom. The average Bonchev–Trinajstić information content (AvgIpc) is 3.07. The van der Waals surface area contributed by atoms with Crippen molar-refractivity contribution in [2.75, 3.05) is 19.6 Å². The van der Waals surface area contributed by atoms with E-state index < -0.39 is 6.04 Å². The Morgan fingerprint density at radius 1 is 1.31 bits per heavy atom. The molecule has 0 bridgehead atoms. The van der Waals surface area contributed by atoms with Crippen LogP contribution >= 0.6 is 24.8 Å². The van der Waals surface area contributed by atoms with Crippen molar-refractivity contribution in [3.05, 3.63) is 18.0 Å². The van der Waals surface area contributed by atoms with Crippen molar-refractivity contribution in [2.24, 2.45) is 11.7 Å². The second-order valence-electron chi connectivity index (χ2n) is 6.77. The van der Waals surface area contributed by atoms with Gasteiger partial charge >= 0.3 is 0 Å². The van der Waals surface area contributed by atoms with Crippen LogP contribution in [0.4, 0.5) is 0 Å². The molecule has 7 nitrogen and oxygen atoms in total. The van der Waals surface area contributed by atoms with Crippen molar-refractivity contribution in [3.63, 3.8) is 0 Å². The van der Waals surface area contributed by atoms with Gasteiger partial charge in [0.15, 0.2) is 0 Å². The van der Waals surface area contributed by atoms with Gasteiger partial charge in [0.05, 0.1) is 18.8 Å². The highest BCUT2D eigenvalue weighted by Gasteiger charge is 2.25. The Kier molecular flexibility index (Phi) is 10.8. The van der Waals surface area contributed by atoms with Crippen LogP contribution in [0, 0.1) is 5.92 Å². The van der Waals surface area contributed by atoms with Crippen LogP contribution in [0.5, 0.6) is 0 Å². The number of piperidine rings is 1. The number of amides is 2. The molecule has 3 N–H and O–H groups in total. The summed E-state index contributed by atoms with van der Waals surface area (Å²) in [6.45, 7) is 8.17. The summed E-state index contributed by atoms with van der Waals surface area (Å²) >= 11 is 0. The maximum absolute atomic E-state index is 12.2. The minimum Gasteiger partial charge on any atom is -0.346 e. The minimum absolute atomic E-state index is 0. The number of carbonyl (C=O) groups excluding carboxylic acids is 2. The molecule has 1 aromatic rings. The average molecular weight is 408 g/mol. The summed E-state index contributed by atoms with van der Waals surface area (Å²) in [6, 6.07) is -0.571. The number of rotatable bonds is 6. The molecule has 1 fully saturated rings. The Hall–Kier alpha value is -1.31. The Labute approximate surface area is 167 Å². The van der Waals surface area contributed by atoms with Crippen LogP contribution in [0.1, 0.15) is 45.1 Å². The van der Waals surface area contributed by atoms with Gasteiger partial charge in [0.1, 0.15) is 0 Å². The van der Waals surface area contributed by atoms with Crippen LogP contribution in [-0.4, -0.2) is 52.2 Å². The molecule has 2 heterocycles. The minimum atomic E-state index is -0.571. The lowest BCUT2D eigenvalue weighted by atomic mass is 9.91. The molecule has 150 valence electrons. The molecule has 1 aromatic heterocycles. The molecule has 0 aromatic carbocycles. The van der Waals surface area contributed by atoms with E-state index in [0.717, 1.165) is 19.4 Å². The number of nitrogens with one attached hydrogen (secondary N) is 1. The lowest BCUT2D eigenvalue weighted by Gasteiger charge is -2.31. The first-order valence-corrected chi connectivity index (χ1v) is 8.75. The Bertz CT molecular complexity index is 571. The van der Waals surface area contributed by atoms with Crippen LogP contribution in [0.3, 0.4) is 0 Å². The molecule has 0 spiro atoms. The second kappa shape index (κ2) is 11.4. The molecule has 1 atom stereocenters. The first kappa shape index (κ1) is 24.7. The summed E-state index contributed by atoms with van der Waals surface area (Å²) in [5.41, 5.74) is 7.03. The summed E-state index contributed by atoms with van der Waals surface area (Å²) < 4.78 is 1.93. The molecular formula is C17H31Cl2N5O2. The fraction of sp³-hybridized carbons (Fsp3) is 0.706. The van der Waals surface area contributed by atoms with E-state index in [1.54, 1.807) is 0 Å². The number of hydrogen-bond donors (Lipinski definition) is 2. The van der Waals surface area contributed by atoms with Gasteiger partial charge in [0.25, 0.3) is 0 Å². The van der Waals surface area contributed by atoms with Crippen LogP contribution < -0.4 is 11.1 Å². The van der Waals surface area contributed by atoms with Crippen molar-refractivity contribution in [1.82, 2.24) is 20.0 Å². The van der Waals surface area contributed by atoms with E-state index in [9.17, 15) is 9.59 Å². The predicted octanol–water partition coefficient (Wildman–Crippen LogP) is 1.55. The summed E-state index contributed by atoms with van der Waals surface area (Å²) in [4.78, 5) is 25.9. The molecule has 0 aliphatic carbocycles. The van der Waals surface area contributed by atoms with Crippen molar-refractivity contribution in [3.8, 4) is 0 Å². The molecule has 0 radical (unpaired) electrons. The molecule has 1 aliphatic rings. The first-order chi connectivity index (χ1) is 11.4. The molecule has 2 amide bonds. The van der Waals surface area contributed by atoms with Crippen LogP contribution in [0.25, 0.3) is 0 Å². The fourth-order valence-corrected chi connectivity index (χ4v) is 2.92. The summed E-state index contributed by atoms with van der Waals surface area (Å²) in [5.74, 6) is 0.209. The molecule has 0 saturated carbocycles. The summed E-state index contributed by atoms with van der Waals surface area (Å²) in [5, 5.41) is 6.97. The third-order valence-electron chi connectivity index (χ3n) is 4.73. The SMILES string of the molecule is CCn1cc(C2CCN(C(=O)CNC(=O)[C@@H](N)C(C)C)CC2)cn1.Cl.Cl. The van der Waals surface area contributed by atoms with E-state index in [1.165, 1.54) is 5.56 Å². The molecule has 1 aliphatic heterocycles. The number of carbonyl (C=O) groups is 2. The normalized spacial score (nSPS) is 15.8. The smallest absolute Gasteiger partial charge is 0.241 e. The number of halogens is 2. The highest BCUT2D eigenvalue weighted by atomic mass is 35.5. The van der Waals surface area contributed by atoms with Crippen molar-refractivity contribution < 1.29 is 9.59 Å². The van der Waals surface area contributed by atoms with E-state index in [2.05, 4.69) is 23.5 Å². The van der Waals surface area contributed by atoms with E-state index >= 15 is 0 Å². The van der Waals surface area contributed by atoms with Gasteiger partial charge in [-0.25, -0.2) is 0 Å². The number of nitrogens with two attached hydrogens (primary N) is 1. The van der Waals surface area contributed by atoms with E-state index in [4.69, 9.17) is 5.73 Å². The topological polar surface area (TPSA) is 93.2 Å². The van der Waals surface area contributed by atoms with E-state index in [1.807, 2.05) is 29.6 Å². The van der Waals surface area contributed by atoms with Gasteiger partial charge in [-0.2, -0.15) is 5.10 Å². The van der Waals surface area contributed by atoms with Crippen molar-refractivity contribution in [2.45, 2.75) is 52.1 Å². The monoisotopic (exact) mass is 407 g/mol. The quantitative estimate of drug-likeness (QED) is 0.747. The highest BCUT2D eigenvalue weighted by Crippen LogP contribution is 2.27. The summed E-state index contributed by atoms with van der Waals surface area (Å²) in [7, 11) is 0. The molecule has 9 heteroatoms. The number of aryl methyl sites for hydroxylation is 1. The largest absolute Gasteiger partial charge is 0.346 e. The molecule has 1 saturated heterocycles. The van der Waals surface area contributed by atoms with Gasteiger partial charge in [0.2, 0.25) is 11.8 Å². The van der Waals surface area contributed by atoms with Crippen LogP contribution in [-0.2, 0) is 16.1 Å². The maximum atomic E-state index is 12.2. The molecule has 26 heavy (non-hydrogen) atoms. The molecule has 2 rings (SSSR count). The number of likely N-dealkylation sites (tertiary alicyclic amines) is 1.